The number of carbonyl (C=O) groups is 2. The third-order valence-corrected chi connectivity index (χ3v) is 4.68. The number of benzene rings is 1. The Morgan fingerprint density at radius 2 is 1.76 bits per heavy atom. The van der Waals surface area contributed by atoms with Crippen LogP contribution < -0.4 is 21.1 Å². The lowest BCUT2D eigenvalue weighted by atomic mass is 10.2. The average Bonchev–Trinajstić information content (AvgIpc) is 2.90. The Morgan fingerprint density at radius 1 is 1.07 bits per heavy atom. The van der Waals surface area contributed by atoms with E-state index in [0.717, 1.165) is 0 Å². The first kappa shape index (κ1) is 20.4. The molecule has 0 saturated carbocycles. The minimum atomic E-state index is -0.360. The highest BCUT2D eigenvalue weighted by Crippen LogP contribution is 2.27. The van der Waals surface area contributed by atoms with E-state index < -0.39 is 0 Å². The number of nitrogens with one attached hydrogen (secondary N) is 2. The number of halogens is 1. The van der Waals surface area contributed by atoms with Crippen LogP contribution in [-0.2, 0) is 23.7 Å². The fourth-order valence-corrected chi connectivity index (χ4v) is 3.10. The van der Waals surface area contributed by atoms with Crippen LogP contribution in [0.4, 0.5) is 11.5 Å². The molecule has 0 aliphatic rings. The smallest absolute Gasteiger partial charge is 0.329 e. The van der Waals surface area contributed by atoms with Gasteiger partial charge in [0, 0.05) is 32.6 Å². The van der Waals surface area contributed by atoms with E-state index in [4.69, 9.17) is 16.3 Å². The number of rotatable bonds is 6. The number of anilines is 2. The standard InChI is InChI=1S/C19H20ClN5O4/c1-24-13-5-7-15(23-18(13)25(2)19(24)28)22-17(27)9-8-16(26)21-11-4-6-14(29-3)12(20)10-11/h4-7,10H,8-9H2,1-3H3,(H,21,26)(H,22,23,27). The molecule has 2 aromatic heterocycles. The van der Waals surface area contributed by atoms with Gasteiger partial charge in [0.2, 0.25) is 11.8 Å². The fourth-order valence-electron chi connectivity index (χ4n) is 2.84. The number of amides is 2. The van der Waals surface area contributed by atoms with Crippen LogP contribution in [0.25, 0.3) is 11.2 Å². The zero-order valence-corrected chi connectivity index (χ0v) is 16.9. The number of hydrogen-bond acceptors (Lipinski definition) is 5. The van der Waals surface area contributed by atoms with Crippen molar-refractivity contribution in [3.8, 4) is 5.75 Å². The number of hydrogen-bond donors (Lipinski definition) is 2. The zero-order chi connectivity index (χ0) is 21.1. The summed E-state index contributed by atoms with van der Waals surface area (Å²) in [6, 6.07) is 8.19. The van der Waals surface area contributed by atoms with Crippen molar-refractivity contribution in [1.82, 2.24) is 14.1 Å². The number of nitrogens with zero attached hydrogens (tertiary/aromatic N) is 3. The van der Waals surface area contributed by atoms with Crippen molar-refractivity contribution in [3.05, 3.63) is 45.8 Å². The third kappa shape index (κ3) is 4.40. The number of fused-ring (bicyclic) bond motifs is 1. The highest BCUT2D eigenvalue weighted by Gasteiger charge is 2.12. The summed E-state index contributed by atoms with van der Waals surface area (Å²) in [5.41, 5.74) is 1.43. The van der Waals surface area contributed by atoms with Crippen LogP contribution >= 0.6 is 11.6 Å². The lowest BCUT2D eigenvalue weighted by molar-refractivity contribution is -0.121. The lowest BCUT2D eigenvalue weighted by Gasteiger charge is -2.08. The Morgan fingerprint density at radius 3 is 2.41 bits per heavy atom. The zero-order valence-electron chi connectivity index (χ0n) is 16.2. The maximum atomic E-state index is 12.2. The summed E-state index contributed by atoms with van der Waals surface area (Å²) in [5.74, 6) is 0.131. The number of aryl methyl sites for hydroxylation is 2. The third-order valence-electron chi connectivity index (χ3n) is 4.39. The van der Waals surface area contributed by atoms with Crippen molar-refractivity contribution in [3.63, 3.8) is 0 Å². The molecule has 0 aliphatic carbocycles. The molecule has 29 heavy (non-hydrogen) atoms. The quantitative estimate of drug-likeness (QED) is 0.639. The predicted molar refractivity (Wildman–Crippen MR) is 110 cm³/mol. The Kier molecular flexibility index (Phi) is 5.88. The van der Waals surface area contributed by atoms with E-state index in [1.54, 1.807) is 44.4 Å². The first-order valence-corrected chi connectivity index (χ1v) is 9.13. The molecule has 3 rings (SSSR count). The van der Waals surface area contributed by atoms with Crippen LogP contribution in [0.2, 0.25) is 5.02 Å². The van der Waals surface area contributed by atoms with E-state index in [9.17, 15) is 14.4 Å². The van der Waals surface area contributed by atoms with E-state index in [1.165, 1.54) is 16.2 Å². The Labute approximate surface area is 171 Å². The van der Waals surface area contributed by atoms with Crippen LogP contribution in [0.3, 0.4) is 0 Å². The second kappa shape index (κ2) is 8.36. The summed E-state index contributed by atoms with van der Waals surface area (Å²) in [6.07, 6.45) is -0.0370. The van der Waals surface area contributed by atoms with Gasteiger partial charge in [-0.25, -0.2) is 9.78 Å². The average molecular weight is 418 g/mol. The molecule has 0 bridgehead atoms. The Bertz CT molecular complexity index is 1150. The van der Waals surface area contributed by atoms with Gasteiger partial charge >= 0.3 is 5.69 Å². The van der Waals surface area contributed by atoms with Crippen molar-refractivity contribution in [2.75, 3.05) is 17.7 Å². The van der Waals surface area contributed by atoms with Crippen molar-refractivity contribution in [1.29, 1.82) is 0 Å². The molecule has 0 saturated heterocycles. The second-order valence-corrected chi connectivity index (χ2v) is 6.79. The largest absolute Gasteiger partial charge is 0.495 e. The number of methoxy groups -OCH3 is 1. The molecule has 9 nitrogen and oxygen atoms in total. The van der Waals surface area contributed by atoms with Crippen LogP contribution in [0.1, 0.15) is 12.8 Å². The van der Waals surface area contributed by atoms with Gasteiger partial charge in [-0.15, -0.1) is 0 Å². The van der Waals surface area contributed by atoms with Gasteiger partial charge in [0.25, 0.3) is 0 Å². The van der Waals surface area contributed by atoms with Gasteiger partial charge in [-0.1, -0.05) is 11.6 Å². The molecule has 10 heteroatoms. The normalized spacial score (nSPS) is 10.8. The van der Waals surface area contributed by atoms with Crippen molar-refractivity contribution < 1.29 is 14.3 Å². The molecule has 0 aliphatic heterocycles. The van der Waals surface area contributed by atoms with Crippen molar-refractivity contribution >= 4 is 46.1 Å². The summed E-state index contributed by atoms with van der Waals surface area (Å²) in [6.45, 7) is 0. The summed E-state index contributed by atoms with van der Waals surface area (Å²) in [7, 11) is 4.76. The first-order chi connectivity index (χ1) is 13.8. The molecule has 2 N–H and O–H groups in total. The highest BCUT2D eigenvalue weighted by molar-refractivity contribution is 6.32. The number of ether oxygens (including phenoxy) is 1. The first-order valence-electron chi connectivity index (χ1n) is 8.76. The van der Waals surface area contributed by atoms with Crippen LogP contribution in [-0.4, -0.2) is 33.0 Å². The number of imidazole rings is 1. The molecular weight excluding hydrogens is 398 g/mol. The van der Waals surface area contributed by atoms with E-state index in [1.807, 2.05) is 0 Å². The molecule has 0 spiro atoms. The van der Waals surface area contributed by atoms with Gasteiger partial charge in [0.1, 0.15) is 11.6 Å². The lowest BCUT2D eigenvalue weighted by Crippen LogP contribution is -2.19. The monoisotopic (exact) mass is 417 g/mol. The van der Waals surface area contributed by atoms with E-state index in [2.05, 4.69) is 15.6 Å². The second-order valence-electron chi connectivity index (χ2n) is 6.39. The van der Waals surface area contributed by atoms with Crippen LogP contribution in [0, 0.1) is 0 Å². The molecule has 1 aromatic carbocycles. The molecule has 2 amide bonds. The predicted octanol–water partition coefficient (Wildman–Crippen LogP) is 2.29. The van der Waals surface area contributed by atoms with Gasteiger partial charge in [-0.05, 0) is 30.3 Å². The van der Waals surface area contributed by atoms with Gasteiger partial charge in [-0.3, -0.25) is 18.7 Å². The van der Waals surface area contributed by atoms with Crippen molar-refractivity contribution in [2.24, 2.45) is 14.1 Å². The summed E-state index contributed by atoms with van der Waals surface area (Å²) in [5, 5.41) is 5.69. The van der Waals surface area contributed by atoms with Gasteiger partial charge < -0.3 is 15.4 Å². The van der Waals surface area contributed by atoms with Gasteiger partial charge in [0.15, 0.2) is 5.65 Å². The molecule has 0 unspecified atom stereocenters. The summed E-state index contributed by atoms with van der Waals surface area (Å²) in [4.78, 5) is 40.5. The molecule has 0 atom stereocenters. The minimum Gasteiger partial charge on any atom is -0.495 e. The van der Waals surface area contributed by atoms with E-state index in [0.29, 0.717) is 33.4 Å². The maximum Gasteiger partial charge on any atom is 0.329 e. The SMILES string of the molecule is COc1ccc(NC(=O)CCC(=O)Nc2ccc3c(n2)n(C)c(=O)n3C)cc1Cl. The Hall–Kier alpha value is -3.33. The molecule has 0 radical (unpaired) electrons. The minimum absolute atomic E-state index is 0.0124. The molecule has 152 valence electrons. The van der Waals surface area contributed by atoms with E-state index in [-0.39, 0.29) is 30.3 Å². The summed E-state index contributed by atoms with van der Waals surface area (Å²) < 4.78 is 7.94. The highest BCUT2D eigenvalue weighted by atomic mass is 35.5. The van der Waals surface area contributed by atoms with E-state index >= 15 is 0 Å². The van der Waals surface area contributed by atoms with Gasteiger partial charge in [0.05, 0.1) is 17.6 Å². The molecule has 3 aromatic rings. The Balaban J connectivity index is 1.57. The van der Waals surface area contributed by atoms with Crippen molar-refractivity contribution in [2.45, 2.75) is 12.8 Å². The maximum absolute atomic E-state index is 12.2. The number of aromatic nitrogens is 3. The topological polar surface area (TPSA) is 107 Å². The molecule has 2 heterocycles. The van der Waals surface area contributed by atoms with Crippen LogP contribution in [0.5, 0.6) is 5.75 Å². The number of carbonyl (C=O) groups excluding carboxylic acids is 2. The van der Waals surface area contributed by atoms with Crippen LogP contribution in [0.15, 0.2) is 35.1 Å². The molecule has 0 fully saturated rings. The fraction of sp³-hybridized carbons (Fsp3) is 0.263. The number of pyridine rings is 1. The van der Waals surface area contributed by atoms with Gasteiger partial charge in [-0.2, -0.15) is 0 Å². The molecular formula is C19H20ClN5O4. The summed E-state index contributed by atoms with van der Waals surface area (Å²) >= 11 is 6.02.